The fourth-order valence-corrected chi connectivity index (χ4v) is 3.92. The van der Waals surface area contributed by atoms with Gasteiger partial charge in [0.05, 0.1) is 0 Å². The van der Waals surface area contributed by atoms with E-state index in [9.17, 15) is 4.79 Å². The van der Waals surface area contributed by atoms with Crippen LogP contribution in [0.1, 0.15) is 64.7 Å². The molecule has 1 unspecified atom stereocenters. The van der Waals surface area contributed by atoms with E-state index in [1.807, 2.05) is 0 Å². The number of fused-ring (bicyclic) bond motifs is 1. The Morgan fingerprint density at radius 2 is 1.95 bits per heavy atom. The van der Waals surface area contributed by atoms with Crippen molar-refractivity contribution in [2.75, 3.05) is 13.1 Å². The van der Waals surface area contributed by atoms with Gasteiger partial charge in [0, 0.05) is 6.04 Å². The quantitative estimate of drug-likeness (QED) is 0.735. The summed E-state index contributed by atoms with van der Waals surface area (Å²) in [6.45, 7) is 3.98. The van der Waals surface area contributed by atoms with Gasteiger partial charge in [-0.25, -0.2) is 0 Å². The van der Waals surface area contributed by atoms with E-state index < -0.39 is 11.5 Å². The minimum Gasteiger partial charge on any atom is -0.480 e. The molecule has 1 aliphatic carbocycles. The molecule has 1 aliphatic heterocycles. The normalized spacial score (nSPS) is 30.5. The van der Waals surface area contributed by atoms with E-state index in [0.717, 1.165) is 31.3 Å². The molecule has 1 saturated carbocycles. The van der Waals surface area contributed by atoms with E-state index in [1.165, 1.54) is 45.1 Å². The standard InChI is InChI=1S/C16H30N2O2/c1-16(17,15(19)20)10-4-5-11-18-12-6-8-13-7-2-3-9-14(13)18/h13-14H,2-12,17H2,1H3,(H,19,20)/t13-,14-,16?/m1/s1. The number of piperidine rings is 1. The van der Waals surface area contributed by atoms with Gasteiger partial charge in [-0.2, -0.15) is 0 Å². The maximum absolute atomic E-state index is 11.0. The van der Waals surface area contributed by atoms with Crippen molar-refractivity contribution in [2.45, 2.75) is 76.3 Å². The summed E-state index contributed by atoms with van der Waals surface area (Å²) in [7, 11) is 0. The van der Waals surface area contributed by atoms with Crippen LogP contribution in [-0.2, 0) is 4.79 Å². The molecule has 0 aromatic heterocycles. The van der Waals surface area contributed by atoms with Crippen LogP contribution >= 0.6 is 0 Å². The molecule has 4 heteroatoms. The van der Waals surface area contributed by atoms with E-state index in [-0.39, 0.29) is 0 Å². The lowest BCUT2D eigenvalue weighted by Crippen LogP contribution is -2.47. The molecule has 3 N–H and O–H groups in total. The molecule has 2 aliphatic rings. The van der Waals surface area contributed by atoms with Crippen LogP contribution in [-0.4, -0.2) is 40.6 Å². The highest BCUT2D eigenvalue weighted by Gasteiger charge is 2.33. The van der Waals surface area contributed by atoms with Crippen LogP contribution in [0.15, 0.2) is 0 Å². The summed E-state index contributed by atoms with van der Waals surface area (Å²) >= 11 is 0. The number of carboxylic acids is 1. The number of rotatable bonds is 6. The Labute approximate surface area is 122 Å². The maximum atomic E-state index is 11.0. The van der Waals surface area contributed by atoms with Crippen LogP contribution in [0.3, 0.4) is 0 Å². The lowest BCUT2D eigenvalue weighted by Gasteiger charge is -2.44. The third-order valence-electron chi connectivity index (χ3n) is 5.24. The molecule has 2 rings (SSSR count). The summed E-state index contributed by atoms with van der Waals surface area (Å²) < 4.78 is 0. The first-order chi connectivity index (χ1) is 9.50. The predicted molar refractivity (Wildman–Crippen MR) is 80.6 cm³/mol. The minimum atomic E-state index is -1.06. The van der Waals surface area contributed by atoms with Crippen LogP contribution < -0.4 is 5.73 Å². The molecule has 116 valence electrons. The van der Waals surface area contributed by atoms with Gasteiger partial charge in [-0.3, -0.25) is 4.79 Å². The summed E-state index contributed by atoms with van der Waals surface area (Å²) in [6, 6.07) is 0.807. The van der Waals surface area contributed by atoms with Crippen LogP contribution in [0, 0.1) is 5.92 Å². The van der Waals surface area contributed by atoms with Crippen molar-refractivity contribution < 1.29 is 9.90 Å². The molecule has 3 atom stereocenters. The molecule has 0 aromatic rings. The van der Waals surface area contributed by atoms with Crippen LogP contribution in [0.5, 0.6) is 0 Å². The summed E-state index contributed by atoms with van der Waals surface area (Å²) in [5.41, 5.74) is 4.71. The number of unbranched alkanes of at least 4 members (excludes halogenated alkanes) is 1. The first kappa shape index (κ1) is 15.8. The zero-order valence-electron chi connectivity index (χ0n) is 12.8. The van der Waals surface area contributed by atoms with Crippen LogP contribution in [0.25, 0.3) is 0 Å². The molecule has 1 saturated heterocycles. The highest BCUT2D eigenvalue weighted by Crippen LogP contribution is 2.35. The second kappa shape index (κ2) is 6.90. The molecule has 20 heavy (non-hydrogen) atoms. The largest absolute Gasteiger partial charge is 0.480 e. The molecular weight excluding hydrogens is 252 g/mol. The van der Waals surface area contributed by atoms with Crippen molar-refractivity contribution in [1.82, 2.24) is 4.90 Å². The average Bonchev–Trinajstić information content (AvgIpc) is 2.43. The minimum absolute atomic E-state index is 0.574. The summed E-state index contributed by atoms with van der Waals surface area (Å²) in [5, 5.41) is 9.01. The monoisotopic (exact) mass is 282 g/mol. The van der Waals surface area contributed by atoms with Gasteiger partial charge in [0.2, 0.25) is 0 Å². The zero-order chi connectivity index (χ0) is 14.6. The summed E-state index contributed by atoms with van der Waals surface area (Å²) in [5.74, 6) is 0.0408. The van der Waals surface area contributed by atoms with Crippen molar-refractivity contribution in [2.24, 2.45) is 11.7 Å². The highest BCUT2D eigenvalue weighted by atomic mass is 16.4. The number of carboxylic acid groups (broad SMARTS) is 1. The van der Waals surface area contributed by atoms with Crippen LogP contribution in [0.4, 0.5) is 0 Å². The predicted octanol–water partition coefficient (Wildman–Crippen LogP) is 2.61. The summed E-state index contributed by atoms with van der Waals surface area (Å²) in [4.78, 5) is 13.6. The van der Waals surface area contributed by atoms with Gasteiger partial charge in [-0.05, 0) is 70.9 Å². The Bertz CT molecular complexity index is 328. The van der Waals surface area contributed by atoms with Crippen molar-refractivity contribution in [1.29, 1.82) is 0 Å². The Morgan fingerprint density at radius 1 is 1.25 bits per heavy atom. The van der Waals surface area contributed by atoms with E-state index >= 15 is 0 Å². The number of aliphatic carboxylic acids is 1. The van der Waals surface area contributed by atoms with Gasteiger partial charge in [0.25, 0.3) is 0 Å². The van der Waals surface area contributed by atoms with E-state index in [0.29, 0.717) is 6.42 Å². The third-order valence-corrected chi connectivity index (χ3v) is 5.24. The zero-order valence-corrected chi connectivity index (χ0v) is 12.8. The average molecular weight is 282 g/mol. The Morgan fingerprint density at radius 3 is 2.70 bits per heavy atom. The Kier molecular flexibility index (Phi) is 5.44. The molecule has 4 nitrogen and oxygen atoms in total. The lowest BCUT2D eigenvalue weighted by molar-refractivity contribution is -0.142. The first-order valence-electron chi connectivity index (χ1n) is 8.27. The fraction of sp³-hybridized carbons (Fsp3) is 0.938. The maximum Gasteiger partial charge on any atom is 0.323 e. The Hall–Kier alpha value is -0.610. The van der Waals surface area contributed by atoms with Gasteiger partial charge in [0.15, 0.2) is 0 Å². The molecule has 0 aromatic carbocycles. The van der Waals surface area contributed by atoms with Gasteiger partial charge in [0.1, 0.15) is 5.54 Å². The number of nitrogens with two attached hydrogens (primary N) is 1. The van der Waals surface area contributed by atoms with Gasteiger partial charge >= 0.3 is 5.97 Å². The fourth-order valence-electron chi connectivity index (χ4n) is 3.92. The number of hydrogen-bond acceptors (Lipinski definition) is 3. The van der Waals surface area contributed by atoms with Crippen molar-refractivity contribution in [3.05, 3.63) is 0 Å². The molecular formula is C16H30N2O2. The second-order valence-corrected chi connectivity index (χ2v) is 6.97. The molecule has 1 heterocycles. The Balaban J connectivity index is 1.72. The SMILES string of the molecule is CC(N)(CCCCN1CCC[C@H]2CCCC[C@H]21)C(=O)O. The number of nitrogens with zero attached hydrogens (tertiary/aromatic N) is 1. The van der Waals surface area contributed by atoms with Gasteiger partial charge in [-0.15, -0.1) is 0 Å². The molecule has 0 radical (unpaired) electrons. The second-order valence-electron chi connectivity index (χ2n) is 6.97. The first-order valence-corrected chi connectivity index (χ1v) is 8.27. The van der Waals surface area contributed by atoms with E-state index in [4.69, 9.17) is 10.8 Å². The lowest BCUT2D eigenvalue weighted by atomic mass is 9.78. The molecule has 0 spiro atoms. The topological polar surface area (TPSA) is 66.6 Å². The number of likely N-dealkylation sites (tertiary alicyclic amines) is 1. The smallest absolute Gasteiger partial charge is 0.323 e. The molecule has 0 amide bonds. The van der Waals surface area contributed by atoms with E-state index in [1.54, 1.807) is 6.92 Å². The third kappa shape index (κ3) is 3.95. The van der Waals surface area contributed by atoms with Crippen molar-refractivity contribution in [3.8, 4) is 0 Å². The molecule has 0 bridgehead atoms. The highest BCUT2D eigenvalue weighted by molar-refractivity contribution is 5.77. The molecule has 2 fully saturated rings. The summed E-state index contributed by atoms with van der Waals surface area (Å²) in [6.07, 6.45) is 10.9. The van der Waals surface area contributed by atoms with Gasteiger partial charge in [-0.1, -0.05) is 12.8 Å². The number of carbonyl (C=O) groups is 1. The van der Waals surface area contributed by atoms with Crippen LogP contribution in [0.2, 0.25) is 0 Å². The van der Waals surface area contributed by atoms with Gasteiger partial charge < -0.3 is 15.7 Å². The van der Waals surface area contributed by atoms with Crippen molar-refractivity contribution in [3.63, 3.8) is 0 Å². The number of hydrogen-bond donors (Lipinski definition) is 2. The van der Waals surface area contributed by atoms with E-state index in [2.05, 4.69) is 4.90 Å². The van der Waals surface area contributed by atoms with Crippen molar-refractivity contribution >= 4 is 5.97 Å².